The van der Waals surface area contributed by atoms with Crippen LogP contribution in [0, 0.1) is 0 Å². The average molecular weight is 332 g/mol. The standard InChI is InChI=1S/C6H5Br2F5/c1-3(7)2-4(9)5(10,11)6(8,12)13/h2-3H,1H3/b4-2-. The molecule has 13 heavy (non-hydrogen) atoms. The van der Waals surface area contributed by atoms with E-state index in [4.69, 9.17) is 0 Å². The van der Waals surface area contributed by atoms with Crippen molar-refractivity contribution in [2.75, 3.05) is 0 Å². The normalized spacial score (nSPS) is 17.4. The second-order valence-corrected chi connectivity index (χ2v) is 4.70. The first-order valence-corrected chi connectivity index (χ1v) is 4.76. The van der Waals surface area contributed by atoms with Gasteiger partial charge in [0.15, 0.2) is 5.83 Å². The summed E-state index contributed by atoms with van der Waals surface area (Å²) >= 11 is 4.14. The van der Waals surface area contributed by atoms with Gasteiger partial charge in [0.25, 0.3) is 0 Å². The Morgan fingerprint density at radius 2 is 1.69 bits per heavy atom. The van der Waals surface area contributed by atoms with E-state index in [1.807, 2.05) is 0 Å². The fourth-order valence-corrected chi connectivity index (χ4v) is 0.863. The predicted molar refractivity (Wildman–Crippen MR) is 46.4 cm³/mol. The Hall–Kier alpha value is 0.350. The van der Waals surface area contributed by atoms with Gasteiger partial charge in [-0.1, -0.05) is 15.9 Å². The molecule has 1 unspecified atom stereocenters. The smallest absolute Gasteiger partial charge is 0.205 e. The molecule has 0 saturated heterocycles. The molecular weight excluding hydrogens is 327 g/mol. The molecule has 0 aromatic rings. The SMILES string of the molecule is CC(Br)/C=C(\F)C(F)(F)C(F)(F)Br. The van der Waals surface area contributed by atoms with Gasteiger partial charge in [-0.15, -0.1) is 0 Å². The molecule has 0 rings (SSSR count). The van der Waals surface area contributed by atoms with E-state index >= 15 is 0 Å². The monoisotopic (exact) mass is 330 g/mol. The van der Waals surface area contributed by atoms with Crippen LogP contribution < -0.4 is 0 Å². The second kappa shape index (κ2) is 4.25. The summed E-state index contributed by atoms with van der Waals surface area (Å²) in [6.07, 6.45) is 0.370. The Kier molecular flexibility index (Phi) is 4.36. The van der Waals surface area contributed by atoms with Crippen molar-refractivity contribution in [3.05, 3.63) is 11.9 Å². The van der Waals surface area contributed by atoms with Crippen LogP contribution in [0.3, 0.4) is 0 Å². The predicted octanol–water partition coefficient (Wildman–Crippen LogP) is 4.25. The number of halogens is 7. The fraction of sp³-hybridized carbons (Fsp3) is 0.667. The van der Waals surface area contributed by atoms with Crippen molar-refractivity contribution >= 4 is 31.9 Å². The lowest BCUT2D eigenvalue weighted by Crippen LogP contribution is -2.35. The highest BCUT2D eigenvalue weighted by Crippen LogP contribution is 2.44. The molecule has 0 nitrogen and oxygen atoms in total. The average Bonchev–Trinajstić information content (AvgIpc) is 1.82. The molecular formula is C6H5Br2F5. The van der Waals surface area contributed by atoms with E-state index in [0.717, 1.165) is 0 Å². The Morgan fingerprint density at radius 3 is 1.92 bits per heavy atom. The lowest BCUT2D eigenvalue weighted by Gasteiger charge is -2.19. The van der Waals surface area contributed by atoms with Crippen LogP contribution in [0.25, 0.3) is 0 Å². The van der Waals surface area contributed by atoms with Gasteiger partial charge in [0.2, 0.25) is 0 Å². The summed E-state index contributed by atoms with van der Waals surface area (Å²) in [5, 5.41) is 0. The van der Waals surface area contributed by atoms with Crippen molar-refractivity contribution < 1.29 is 22.0 Å². The van der Waals surface area contributed by atoms with E-state index in [9.17, 15) is 22.0 Å². The van der Waals surface area contributed by atoms with Gasteiger partial charge >= 0.3 is 10.8 Å². The first-order chi connectivity index (χ1) is 5.59. The maximum absolute atomic E-state index is 12.5. The molecule has 0 N–H and O–H groups in total. The zero-order valence-electron chi connectivity index (χ0n) is 6.30. The largest absolute Gasteiger partial charge is 0.370 e. The van der Waals surface area contributed by atoms with Gasteiger partial charge < -0.3 is 0 Å². The van der Waals surface area contributed by atoms with E-state index in [1.54, 1.807) is 0 Å². The molecule has 0 aliphatic heterocycles. The number of alkyl halides is 6. The molecule has 0 aliphatic rings. The molecule has 0 radical (unpaired) electrons. The molecule has 0 saturated carbocycles. The molecule has 0 fully saturated rings. The molecule has 78 valence electrons. The zero-order chi connectivity index (χ0) is 10.9. The third kappa shape index (κ3) is 3.53. The zero-order valence-corrected chi connectivity index (χ0v) is 9.47. The first kappa shape index (κ1) is 13.4. The summed E-state index contributed by atoms with van der Waals surface area (Å²) in [7, 11) is 0. The van der Waals surface area contributed by atoms with Gasteiger partial charge in [0.1, 0.15) is 0 Å². The first-order valence-electron chi connectivity index (χ1n) is 3.05. The minimum Gasteiger partial charge on any atom is -0.205 e. The number of hydrogen-bond acceptors (Lipinski definition) is 0. The lowest BCUT2D eigenvalue weighted by molar-refractivity contribution is -0.131. The maximum Gasteiger partial charge on any atom is 0.370 e. The molecule has 0 bridgehead atoms. The maximum atomic E-state index is 12.5. The Balaban J connectivity index is 4.85. The van der Waals surface area contributed by atoms with E-state index in [-0.39, 0.29) is 0 Å². The lowest BCUT2D eigenvalue weighted by atomic mass is 10.2. The van der Waals surface area contributed by atoms with Gasteiger partial charge in [0.05, 0.1) is 0 Å². The van der Waals surface area contributed by atoms with Crippen LogP contribution in [0.1, 0.15) is 6.92 Å². The van der Waals surface area contributed by atoms with E-state index in [2.05, 4.69) is 15.9 Å². The Bertz CT molecular complexity index is 206. The van der Waals surface area contributed by atoms with Crippen molar-refractivity contribution in [3.8, 4) is 0 Å². The molecule has 7 heteroatoms. The summed E-state index contributed by atoms with van der Waals surface area (Å²) < 4.78 is 61.5. The topological polar surface area (TPSA) is 0 Å². The third-order valence-electron chi connectivity index (χ3n) is 1.03. The van der Waals surface area contributed by atoms with E-state index in [1.165, 1.54) is 22.9 Å². The van der Waals surface area contributed by atoms with Crippen molar-refractivity contribution in [2.45, 2.75) is 22.5 Å². The molecule has 0 heterocycles. The molecule has 0 aromatic heterocycles. The molecule has 0 spiro atoms. The van der Waals surface area contributed by atoms with Crippen molar-refractivity contribution in [1.29, 1.82) is 0 Å². The van der Waals surface area contributed by atoms with Gasteiger partial charge in [-0.3, -0.25) is 0 Å². The highest BCUT2D eigenvalue weighted by molar-refractivity contribution is 9.10. The minimum atomic E-state index is -4.82. The molecule has 0 aromatic carbocycles. The molecule has 0 amide bonds. The van der Waals surface area contributed by atoms with Gasteiger partial charge in [-0.25, -0.2) is 4.39 Å². The van der Waals surface area contributed by atoms with Gasteiger partial charge in [-0.05, 0) is 28.9 Å². The summed E-state index contributed by atoms with van der Waals surface area (Å²) in [5.41, 5.74) is 0. The highest BCUT2D eigenvalue weighted by Gasteiger charge is 2.58. The van der Waals surface area contributed by atoms with Crippen LogP contribution in [0.4, 0.5) is 22.0 Å². The van der Waals surface area contributed by atoms with Crippen LogP contribution in [0.2, 0.25) is 0 Å². The number of hydrogen-bond donors (Lipinski definition) is 0. The molecule has 0 aliphatic carbocycles. The van der Waals surface area contributed by atoms with Crippen molar-refractivity contribution in [3.63, 3.8) is 0 Å². The van der Waals surface area contributed by atoms with E-state index < -0.39 is 21.4 Å². The van der Waals surface area contributed by atoms with Crippen LogP contribution in [-0.4, -0.2) is 15.6 Å². The second-order valence-electron chi connectivity index (χ2n) is 2.26. The van der Waals surface area contributed by atoms with Gasteiger partial charge in [0, 0.05) is 4.83 Å². The van der Waals surface area contributed by atoms with Crippen molar-refractivity contribution in [1.82, 2.24) is 0 Å². The Morgan fingerprint density at radius 1 is 1.31 bits per heavy atom. The summed E-state index contributed by atoms with van der Waals surface area (Å²) in [4.78, 5) is -5.32. The van der Waals surface area contributed by atoms with Crippen molar-refractivity contribution in [2.24, 2.45) is 0 Å². The quantitative estimate of drug-likeness (QED) is 0.536. The third-order valence-corrected chi connectivity index (χ3v) is 1.79. The summed E-state index contributed by atoms with van der Waals surface area (Å²) in [6.45, 7) is 1.32. The van der Waals surface area contributed by atoms with Crippen LogP contribution in [0.15, 0.2) is 11.9 Å². The number of allylic oxidation sites excluding steroid dienone is 2. The van der Waals surface area contributed by atoms with Crippen LogP contribution in [0.5, 0.6) is 0 Å². The fourth-order valence-electron chi connectivity index (χ4n) is 0.442. The Labute approximate surface area is 88.4 Å². The van der Waals surface area contributed by atoms with Crippen LogP contribution >= 0.6 is 31.9 Å². The molecule has 1 atom stereocenters. The summed E-state index contributed by atoms with van der Waals surface area (Å²) in [5.74, 6) is -6.99. The summed E-state index contributed by atoms with van der Waals surface area (Å²) in [6, 6.07) is 0. The van der Waals surface area contributed by atoms with E-state index in [0.29, 0.717) is 6.08 Å². The van der Waals surface area contributed by atoms with Gasteiger partial charge in [-0.2, -0.15) is 17.6 Å². The minimum absolute atomic E-state index is 0.370. The highest BCUT2D eigenvalue weighted by atomic mass is 79.9. The van der Waals surface area contributed by atoms with Crippen LogP contribution in [-0.2, 0) is 0 Å². The number of rotatable bonds is 3.